The molecule has 1 fully saturated rings. The highest BCUT2D eigenvalue weighted by Crippen LogP contribution is 2.53. The fraction of sp³-hybridized carbons (Fsp3) is 0.153. The van der Waals surface area contributed by atoms with E-state index in [9.17, 15) is 10.2 Å². The minimum atomic E-state index is -2.28. The second-order valence-corrected chi connectivity index (χ2v) is 32.9. The summed E-state index contributed by atoms with van der Waals surface area (Å²) in [5.41, 5.74) is 7.58. The Bertz CT molecular complexity index is 6600. The van der Waals surface area contributed by atoms with Gasteiger partial charge in [0.1, 0.15) is 97.1 Å². The van der Waals surface area contributed by atoms with Crippen molar-refractivity contribution in [3.63, 3.8) is 0 Å². The third kappa shape index (κ3) is 26.4. The lowest BCUT2D eigenvalue weighted by atomic mass is 9.98. The zero-order chi connectivity index (χ0) is 96.5. The first-order valence-electron chi connectivity index (χ1n) is 46.0. The highest BCUT2D eigenvalue weighted by molar-refractivity contribution is 5.97. The monoisotopic (exact) mass is 1880 g/mol. The number of rotatable bonds is 45. The van der Waals surface area contributed by atoms with E-state index < -0.39 is 66.8 Å². The van der Waals surface area contributed by atoms with Crippen LogP contribution in [0.3, 0.4) is 0 Å². The van der Waals surface area contributed by atoms with Gasteiger partial charge in [-0.3, -0.25) is 0 Å². The van der Waals surface area contributed by atoms with Crippen molar-refractivity contribution < 1.29 is 110 Å². The normalized spacial score (nSPS) is 14.1. The van der Waals surface area contributed by atoms with E-state index in [0.717, 1.165) is 44.5 Å². The number of aliphatic hydroxyl groups is 2. The lowest BCUT2D eigenvalue weighted by Crippen LogP contribution is -2.62. The van der Waals surface area contributed by atoms with Crippen LogP contribution in [0.4, 0.5) is 0 Å². The number of carbonyl (C=O) groups is 4. The van der Waals surface area contributed by atoms with E-state index in [1.165, 1.54) is 42.5 Å². The van der Waals surface area contributed by atoms with Gasteiger partial charge in [0.2, 0.25) is 41.1 Å². The van der Waals surface area contributed by atoms with Crippen LogP contribution in [0.15, 0.2) is 406 Å². The smallest absolute Gasteiger partial charge is 0.342 e. The fourth-order valence-electron chi connectivity index (χ4n) is 15.3. The molecule has 1 aliphatic heterocycles. The first-order valence-corrected chi connectivity index (χ1v) is 46.0. The minimum Gasteiger partial charge on any atom is -0.485 e. The van der Waals surface area contributed by atoms with E-state index in [1.807, 2.05) is 352 Å². The molecular formula is C118H100O23. The lowest BCUT2D eigenvalue weighted by molar-refractivity contribution is -0.283. The molecule has 23 nitrogen and oxygen atoms in total. The van der Waals surface area contributed by atoms with Crippen LogP contribution in [-0.2, 0) is 103 Å². The molecular weight excluding hydrogens is 1790 g/mol. The number of benzene rings is 16. The molecule has 16 aromatic rings. The minimum absolute atomic E-state index is 0.0120. The Hall–Kier alpha value is -17.1. The summed E-state index contributed by atoms with van der Waals surface area (Å²) in [5, 5.41) is 24.6. The predicted octanol–water partition coefficient (Wildman–Crippen LogP) is 22.9. The summed E-state index contributed by atoms with van der Waals surface area (Å²) >= 11 is 0. The Morgan fingerprint density at radius 2 is 0.447 bits per heavy atom. The van der Waals surface area contributed by atoms with Gasteiger partial charge in [-0.1, -0.05) is 364 Å². The molecule has 0 bridgehead atoms. The lowest BCUT2D eigenvalue weighted by Gasteiger charge is -2.42. The topological polar surface area (TPSA) is 266 Å². The molecule has 2 N–H and O–H groups in total. The first kappa shape index (κ1) is 95.6. The average Bonchev–Trinajstić information content (AvgIpc) is 0.764. The van der Waals surface area contributed by atoms with Crippen LogP contribution < -0.4 is 56.8 Å². The van der Waals surface area contributed by atoms with Crippen molar-refractivity contribution >= 4 is 23.9 Å². The summed E-state index contributed by atoms with van der Waals surface area (Å²) in [5.74, 6) is -5.41. The largest absolute Gasteiger partial charge is 0.485 e. The molecule has 141 heavy (non-hydrogen) atoms. The van der Waals surface area contributed by atoms with Crippen LogP contribution in [0, 0.1) is 0 Å². The van der Waals surface area contributed by atoms with E-state index in [4.69, 9.17) is 80.5 Å². The molecule has 1 heterocycles. The van der Waals surface area contributed by atoms with Crippen molar-refractivity contribution in [2.45, 2.75) is 110 Å². The average molecular weight is 1890 g/mol. The molecule has 5 atom stereocenters. The summed E-state index contributed by atoms with van der Waals surface area (Å²) in [6.07, 6.45) is -10.6. The molecule has 0 aromatic heterocycles. The first-order chi connectivity index (χ1) is 69.4. The standard InChI is InChI=1S/C118H100O23/c119-68-104-105(120)111(139-114(121)93-61-97(125-69-81-37-13-1-14-38-81)107(131-75-87-49-25-7-26-50-87)98(62-93)126-70-82-39-15-2-16-40-82)113(140-115(122)94-63-99(127-71-83-41-17-3-18-42-83)108(132-76-88-51-27-8-28-52-88)100(64-94)128-72-84-43-19-4-20-44-84)118(138-104)141-116(123)95-65-101(129-73-85-45-21-5-22-46-85)109(133-77-89-53-29-9-30-54-89)103(66-95)137-106-96(117(124)136-80-92-59-35-12-36-60-92)67-102(130-74-86-47-23-6-24-48-86)110(134-78-90-55-31-10-32-56-90)112(106)135-79-91-57-33-11-34-58-91/h1-67,104-105,111,113,118-120H,68-80H2/t104-,105-,111+,113-,118+/m1/s1. The summed E-state index contributed by atoms with van der Waals surface area (Å²) in [6, 6.07) is 121. The fourth-order valence-corrected chi connectivity index (χ4v) is 15.3. The molecule has 710 valence electrons. The van der Waals surface area contributed by atoms with Gasteiger partial charge in [0, 0.05) is 6.07 Å². The maximum absolute atomic E-state index is 16.6. The molecule has 0 amide bonds. The quantitative estimate of drug-likeness (QED) is 0.0265. The zero-order valence-corrected chi connectivity index (χ0v) is 76.7. The molecule has 0 spiro atoms. The van der Waals surface area contributed by atoms with Crippen molar-refractivity contribution in [3.05, 3.63) is 495 Å². The summed E-state index contributed by atoms with van der Waals surface area (Å²) in [4.78, 5) is 64.6. The van der Waals surface area contributed by atoms with E-state index in [1.54, 1.807) is 12.1 Å². The van der Waals surface area contributed by atoms with E-state index >= 15 is 19.2 Å². The van der Waals surface area contributed by atoms with Gasteiger partial charge in [0.25, 0.3) is 0 Å². The van der Waals surface area contributed by atoms with Gasteiger partial charge < -0.3 is 90.7 Å². The van der Waals surface area contributed by atoms with Crippen LogP contribution in [0.2, 0.25) is 0 Å². The van der Waals surface area contributed by atoms with Gasteiger partial charge in [-0.2, -0.15) is 0 Å². The highest BCUT2D eigenvalue weighted by Gasteiger charge is 2.52. The highest BCUT2D eigenvalue weighted by atomic mass is 16.7. The maximum Gasteiger partial charge on any atom is 0.342 e. The van der Waals surface area contributed by atoms with Crippen molar-refractivity contribution in [1.82, 2.24) is 0 Å². The Morgan fingerprint density at radius 3 is 0.723 bits per heavy atom. The van der Waals surface area contributed by atoms with Crippen molar-refractivity contribution in [1.29, 1.82) is 0 Å². The number of hydrogen-bond donors (Lipinski definition) is 2. The summed E-state index contributed by atoms with van der Waals surface area (Å²) < 4.78 is 115. The third-order valence-electron chi connectivity index (χ3n) is 22.6. The van der Waals surface area contributed by atoms with Crippen LogP contribution in [-0.4, -0.2) is 71.4 Å². The Labute approximate surface area is 815 Å². The summed E-state index contributed by atoms with van der Waals surface area (Å²) in [6.45, 7) is -1.94. The van der Waals surface area contributed by atoms with Gasteiger partial charge in [-0.25, -0.2) is 19.2 Å². The zero-order valence-electron chi connectivity index (χ0n) is 76.7. The second-order valence-electron chi connectivity index (χ2n) is 32.9. The van der Waals surface area contributed by atoms with Crippen molar-refractivity contribution in [3.8, 4) is 74.7 Å². The van der Waals surface area contributed by atoms with E-state index in [2.05, 4.69) is 0 Å². The van der Waals surface area contributed by atoms with Crippen LogP contribution >= 0.6 is 0 Å². The van der Waals surface area contributed by atoms with Gasteiger partial charge in [-0.05, 0) is 103 Å². The molecule has 1 aliphatic rings. The molecule has 16 aromatic carbocycles. The van der Waals surface area contributed by atoms with Crippen LogP contribution in [0.5, 0.6) is 74.7 Å². The predicted molar refractivity (Wildman–Crippen MR) is 525 cm³/mol. The SMILES string of the molecule is O=C(O[C@@H]1O[C@H](CO)[C@@H](O)[C@H](OC(=O)c2cc(OCc3ccccc3)c(OCc3ccccc3)c(OCc3ccccc3)c2)[C@H]1OC(=O)c1cc(OCc2ccccc2)c(OCc2ccccc2)c(OCc2ccccc2)c1)c1cc(OCc2ccccc2)c(OCc2ccccc2)c(Oc2c(C(=O)OCc3ccccc3)cc(OCc3ccccc3)c(OCc3ccccc3)c2OCc2ccccc2)c1. The Morgan fingerprint density at radius 1 is 0.227 bits per heavy atom. The van der Waals surface area contributed by atoms with Gasteiger partial charge in [0.05, 0.1) is 23.3 Å². The molecule has 0 radical (unpaired) electrons. The molecule has 0 unspecified atom stereocenters. The number of hydrogen-bond acceptors (Lipinski definition) is 23. The molecule has 1 saturated heterocycles. The van der Waals surface area contributed by atoms with E-state index in [-0.39, 0.29) is 171 Å². The summed E-state index contributed by atoms with van der Waals surface area (Å²) in [7, 11) is 0. The Kier molecular flexibility index (Phi) is 32.9. The molecule has 23 heteroatoms. The van der Waals surface area contributed by atoms with Crippen LogP contribution in [0.1, 0.15) is 108 Å². The molecule has 0 saturated carbocycles. The van der Waals surface area contributed by atoms with Crippen molar-refractivity contribution in [2.24, 2.45) is 0 Å². The second kappa shape index (κ2) is 48.6. The van der Waals surface area contributed by atoms with E-state index in [0.29, 0.717) is 22.3 Å². The molecule has 0 aliphatic carbocycles. The number of aliphatic hydroxyl groups excluding tert-OH is 2. The third-order valence-corrected chi connectivity index (χ3v) is 22.6. The maximum atomic E-state index is 16.6. The van der Waals surface area contributed by atoms with Gasteiger partial charge in [-0.15, -0.1) is 0 Å². The number of ether oxygens (including phenoxy) is 17. The van der Waals surface area contributed by atoms with Gasteiger partial charge in [0.15, 0.2) is 52.1 Å². The number of esters is 4. The molecule has 17 rings (SSSR count). The Balaban J connectivity index is 0.825. The number of carbonyl (C=O) groups excluding carboxylic acids is 4. The van der Waals surface area contributed by atoms with Crippen molar-refractivity contribution in [2.75, 3.05) is 6.61 Å². The van der Waals surface area contributed by atoms with Crippen LogP contribution in [0.25, 0.3) is 0 Å². The van der Waals surface area contributed by atoms with Gasteiger partial charge >= 0.3 is 23.9 Å².